The summed E-state index contributed by atoms with van der Waals surface area (Å²) in [5.74, 6) is 0.0925. The van der Waals surface area contributed by atoms with E-state index in [4.69, 9.17) is 4.74 Å². The molecule has 0 atom stereocenters. The quantitative estimate of drug-likeness (QED) is 0.849. The van der Waals surface area contributed by atoms with Gasteiger partial charge in [-0.25, -0.2) is 5.43 Å². The minimum Gasteiger partial charge on any atom is -0.476 e. The van der Waals surface area contributed by atoms with Gasteiger partial charge in [-0.05, 0) is 38.7 Å². The Kier molecular flexibility index (Phi) is 4.16. The maximum atomic E-state index is 12.0. The summed E-state index contributed by atoms with van der Waals surface area (Å²) < 4.78 is 5.43. The van der Waals surface area contributed by atoms with Crippen molar-refractivity contribution in [1.29, 1.82) is 0 Å². The highest BCUT2D eigenvalue weighted by molar-refractivity contribution is 6.24. The number of hydrogen-bond donors (Lipinski definition) is 2. The van der Waals surface area contributed by atoms with Gasteiger partial charge in [0.05, 0.1) is 6.61 Å². The van der Waals surface area contributed by atoms with E-state index in [9.17, 15) is 4.79 Å². The Morgan fingerprint density at radius 3 is 2.83 bits per heavy atom. The summed E-state index contributed by atoms with van der Waals surface area (Å²) in [5, 5.41) is 5.08. The van der Waals surface area contributed by atoms with Crippen LogP contribution in [0.2, 0.25) is 0 Å². The Bertz CT molecular complexity index is 802. The van der Waals surface area contributed by atoms with E-state index < -0.39 is 0 Å². The fraction of sp³-hybridized carbons (Fsp3) is 0.294. The predicted molar refractivity (Wildman–Crippen MR) is 90.9 cm³/mol. The van der Waals surface area contributed by atoms with Gasteiger partial charge in [-0.1, -0.05) is 18.2 Å². The molecule has 2 aromatic rings. The van der Waals surface area contributed by atoms with Gasteiger partial charge in [-0.3, -0.25) is 4.79 Å². The molecular weight excluding hydrogens is 292 g/mol. The van der Waals surface area contributed by atoms with Gasteiger partial charge in [0.2, 0.25) is 5.90 Å². The van der Waals surface area contributed by atoms with Gasteiger partial charge >= 0.3 is 0 Å². The number of hydrazone groups is 1. The van der Waals surface area contributed by atoms with E-state index >= 15 is 0 Å². The van der Waals surface area contributed by atoms with Crippen LogP contribution in [0.25, 0.3) is 17.0 Å². The minimum atomic E-state index is -0.247. The van der Waals surface area contributed by atoms with Gasteiger partial charge in [0.25, 0.3) is 5.91 Å². The summed E-state index contributed by atoms with van der Waals surface area (Å²) >= 11 is 0. The van der Waals surface area contributed by atoms with E-state index in [1.54, 1.807) is 0 Å². The third-order valence-corrected chi connectivity index (χ3v) is 3.62. The SMILES string of the molecule is CCOC1=NNC(=O)/C1=C\c1[nH]c2ccccc2c1CN(C)C. The molecule has 120 valence electrons. The fourth-order valence-electron chi connectivity index (χ4n) is 2.67. The van der Waals surface area contributed by atoms with Crippen LogP contribution in [0.15, 0.2) is 34.9 Å². The molecule has 1 amide bonds. The second-order valence-corrected chi connectivity index (χ2v) is 5.65. The van der Waals surface area contributed by atoms with Crippen LogP contribution in [0.4, 0.5) is 0 Å². The zero-order valence-electron chi connectivity index (χ0n) is 13.5. The van der Waals surface area contributed by atoms with Crippen LogP contribution < -0.4 is 5.43 Å². The number of amides is 1. The van der Waals surface area contributed by atoms with Crippen molar-refractivity contribution in [3.63, 3.8) is 0 Å². The monoisotopic (exact) mass is 312 g/mol. The van der Waals surface area contributed by atoms with Crippen molar-refractivity contribution < 1.29 is 9.53 Å². The summed E-state index contributed by atoms with van der Waals surface area (Å²) in [6.45, 7) is 3.09. The largest absolute Gasteiger partial charge is 0.476 e. The molecule has 0 unspecified atom stereocenters. The molecule has 2 N–H and O–H groups in total. The number of carbonyl (C=O) groups excluding carboxylic acids is 1. The van der Waals surface area contributed by atoms with Crippen LogP contribution in [0.5, 0.6) is 0 Å². The highest BCUT2D eigenvalue weighted by Gasteiger charge is 2.25. The molecule has 3 rings (SSSR count). The molecule has 0 saturated heterocycles. The molecular formula is C17H20N4O2. The maximum Gasteiger partial charge on any atom is 0.277 e. The van der Waals surface area contributed by atoms with Crippen LogP contribution in [0, 0.1) is 0 Å². The molecule has 6 nitrogen and oxygen atoms in total. The molecule has 1 aliphatic rings. The topological polar surface area (TPSA) is 69.7 Å². The van der Waals surface area contributed by atoms with Crippen LogP contribution in [-0.4, -0.2) is 42.4 Å². The van der Waals surface area contributed by atoms with Gasteiger partial charge in [0, 0.05) is 23.1 Å². The third-order valence-electron chi connectivity index (χ3n) is 3.62. The van der Waals surface area contributed by atoms with Crippen molar-refractivity contribution in [3.8, 4) is 0 Å². The number of carbonyl (C=O) groups is 1. The number of H-pyrrole nitrogens is 1. The van der Waals surface area contributed by atoms with E-state index in [1.165, 1.54) is 0 Å². The first kappa shape index (κ1) is 15.3. The number of para-hydroxylation sites is 1. The summed E-state index contributed by atoms with van der Waals surface area (Å²) in [6, 6.07) is 8.12. The van der Waals surface area contributed by atoms with Crippen LogP contribution in [0.3, 0.4) is 0 Å². The van der Waals surface area contributed by atoms with Gasteiger partial charge in [0.1, 0.15) is 5.57 Å². The Morgan fingerprint density at radius 2 is 2.09 bits per heavy atom. The van der Waals surface area contributed by atoms with Gasteiger partial charge < -0.3 is 14.6 Å². The average Bonchev–Trinajstić information content (AvgIpc) is 3.03. The van der Waals surface area contributed by atoms with Crippen molar-refractivity contribution in [1.82, 2.24) is 15.3 Å². The Balaban J connectivity index is 2.10. The molecule has 1 aromatic heterocycles. The maximum absolute atomic E-state index is 12.0. The van der Waals surface area contributed by atoms with Gasteiger partial charge in [0.15, 0.2) is 0 Å². The lowest BCUT2D eigenvalue weighted by molar-refractivity contribution is -0.116. The highest BCUT2D eigenvalue weighted by atomic mass is 16.5. The van der Waals surface area contributed by atoms with Crippen molar-refractivity contribution in [2.45, 2.75) is 13.5 Å². The average molecular weight is 312 g/mol. The lowest BCUT2D eigenvalue weighted by Gasteiger charge is -2.10. The van der Waals surface area contributed by atoms with Crippen molar-refractivity contribution in [2.75, 3.05) is 20.7 Å². The number of aromatic amines is 1. The lowest BCUT2D eigenvalue weighted by atomic mass is 10.1. The summed E-state index contributed by atoms with van der Waals surface area (Å²) in [5.41, 5.74) is 5.99. The minimum absolute atomic E-state index is 0.247. The van der Waals surface area contributed by atoms with Crippen LogP contribution in [0.1, 0.15) is 18.2 Å². The van der Waals surface area contributed by atoms with Crippen molar-refractivity contribution in [2.24, 2.45) is 5.10 Å². The lowest BCUT2D eigenvalue weighted by Crippen LogP contribution is -2.15. The number of ether oxygens (including phenoxy) is 1. The zero-order chi connectivity index (χ0) is 16.4. The molecule has 0 saturated carbocycles. The fourth-order valence-corrected chi connectivity index (χ4v) is 2.67. The Labute approximate surface area is 134 Å². The van der Waals surface area contributed by atoms with Crippen LogP contribution >= 0.6 is 0 Å². The third kappa shape index (κ3) is 2.98. The van der Waals surface area contributed by atoms with Gasteiger partial charge in [-0.2, -0.15) is 0 Å². The predicted octanol–water partition coefficient (Wildman–Crippen LogP) is 2.09. The first-order chi connectivity index (χ1) is 11.1. The Morgan fingerprint density at radius 1 is 1.30 bits per heavy atom. The van der Waals surface area contributed by atoms with E-state index in [-0.39, 0.29) is 5.91 Å². The first-order valence-corrected chi connectivity index (χ1v) is 7.57. The first-order valence-electron chi connectivity index (χ1n) is 7.57. The molecule has 1 aromatic carbocycles. The number of fused-ring (bicyclic) bond motifs is 1. The Hall–Kier alpha value is -2.60. The van der Waals surface area contributed by atoms with E-state index in [0.717, 1.165) is 28.7 Å². The van der Waals surface area contributed by atoms with E-state index in [2.05, 4.69) is 26.5 Å². The molecule has 0 spiro atoms. The van der Waals surface area contributed by atoms with E-state index in [1.807, 2.05) is 45.3 Å². The molecule has 1 aliphatic heterocycles. The normalized spacial score (nSPS) is 16.3. The molecule has 0 bridgehead atoms. The molecule has 0 aliphatic carbocycles. The number of hydrogen-bond acceptors (Lipinski definition) is 4. The van der Waals surface area contributed by atoms with Crippen molar-refractivity contribution >= 4 is 28.8 Å². The zero-order valence-corrected chi connectivity index (χ0v) is 13.5. The number of aromatic nitrogens is 1. The number of nitrogens with one attached hydrogen (secondary N) is 2. The molecule has 6 heteroatoms. The van der Waals surface area contributed by atoms with Crippen molar-refractivity contribution in [3.05, 3.63) is 41.1 Å². The van der Waals surface area contributed by atoms with Gasteiger partial charge in [-0.15, -0.1) is 5.10 Å². The standard InChI is InChI=1S/C17H20N4O2/c1-4-23-17-12(16(22)19-20-17)9-15-13(10-21(2)3)11-7-5-6-8-14(11)18-15/h5-9,18H,4,10H2,1-3H3,(H,19,22)/b12-9+. The molecule has 23 heavy (non-hydrogen) atoms. The number of benzene rings is 1. The summed E-state index contributed by atoms with van der Waals surface area (Å²) in [7, 11) is 4.04. The van der Waals surface area contributed by atoms with Crippen LogP contribution in [-0.2, 0) is 16.1 Å². The number of nitrogens with zero attached hydrogens (tertiary/aromatic N) is 2. The second-order valence-electron chi connectivity index (χ2n) is 5.65. The second kappa shape index (κ2) is 6.26. The molecule has 2 heterocycles. The highest BCUT2D eigenvalue weighted by Crippen LogP contribution is 2.26. The van der Waals surface area contributed by atoms with E-state index in [0.29, 0.717) is 18.1 Å². The smallest absolute Gasteiger partial charge is 0.277 e. The molecule has 0 radical (unpaired) electrons. The summed E-state index contributed by atoms with van der Waals surface area (Å²) in [4.78, 5) is 17.5. The molecule has 0 fully saturated rings. The number of rotatable bonds is 4. The summed E-state index contributed by atoms with van der Waals surface area (Å²) in [6.07, 6.45) is 1.82.